The summed E-state index contributed by atoms with van der Waals surface area (Å²) in [6, 6.07) is 11.4. The molecular formula is C23H27NO3. The minimum atomic E-state index is -0.547. The van der Waals surface area contributed by atoms with E-state index in [4.69, 9.17) is 4.74 Å². The van der Waals surface area contributed by atoms with E-state index in [0.29, 0.717) is 18.2 Å². The second kappa shape index (κ2) is 8.45. The van der Waals surface area contributed by atoms with Crippen LogP contribution in [0.4, 0.5) is 0 Å². The first kappa shape index (κ1) is 19.3. The SMILES string of the molecule is Cc1cc(OCC(O)C(C)C)cc(=O)n1Cc1ccc(C#CC2CC2)cc1. The molecule has 1 saturated carbocycles. The minimum absolute atomic E-state index is 0.110. The summed E-state index contributed by atoms with van der Waals surface area (Å²) in [6.07, 6.45) is 1.90. The summed E-state index contributed by atoms with van der Waals surface area (Å²) in [7, 11) is 0. The van der Waals surface area contributed by atoms with E-state index in [1.165, 1.54) is 18.9 Å². The van der Waals surface area contributed by atoms with Crippen LogP contribution < -0.4 is 10.3 Å². The van der Waals surface area contributed by atoms with E-state index in [-0.39, 0.29) is 18.1 Å². The fourth-order valence-corrected chi connectivity index (χ4v) is 2.65. The fraction of sp³-hybridized carbons (Fsp3) is 0.435. The van der Waals surface area contributed by atoms with Gasteiger partial charge in [0, 0.05) is 23.2 Å². The van der Waals surface area contributed by atoms with E-state index in [1.807, 2.05) is 51.1 Å². The summed E-state index contributed by atoms with van der Waals surface area (Å²) < 4.78 is 7.30. The molecule has 1 aromatic heterocycles. The Balaban J connectivity index is 1.68. The molecule has 0 bridgehead atoms. The van der Waals surface area contributed by atoms with Crippen LogP contribution in [0.2, 0.25) is 0 Å². The highest BCUT2D eigenvalue weighted by Gasteiger charge is 2.17. The summed E-state index contributed by atoms with van der Waals surface area (Å²) in [6.45, 7) is 6.45. The molecule has 1 aliphatic rings. The van der Waals surface area contributed by atoms with Gasteiger partial charge < -0.3 is 14.4 Å². The first-order valence-corrected chi connectivity index (χ1v) is 9.55. The van der Waals surface area contributed by atoms with Crippen LogP contribution in [-0.4, -0.2) is 22.4 Å². The molecule has 0 spiro atoms. The topological polar surface area (TPSA) is 51.5 Å². The maximum Gasteiger partial charge on any atom is 0.254 e. The zero-order chi connectivity index (χ0) is 19.4. The molecule has 3 rings (SSSR count). The molecule has 1 aliphatic carbocycles. The second-order valence-corrected chi connectivity index (χ2v) is 7.62. The predicted octanol–water partition coefficient (Wildman–Crippen LogP) is 3.36. The third kappa shape index (κ3) is 5.48. The van der Waals surface area contributed by atoms with Crippen molar-refractivity contribution in [1.29, 1.82) is 0 Å². The third-order valence-corrected chi connectivity index (χ3v) is 4.79. The minimum Gasteiger partial charge on any atom is -0.491 e. The monoisotopic (exact) mass is 365 g/mol. The van der Waals surface area contributed by atoms with Crippen LogP contribution in [0.5, 0.6) is 5.75 Å². The Morgan fingerprint density at radius 3 is 2.52 bits per heavy atom. The lowest BCUT2D eigenvalue weighted by Crippen LogP contribution is -2.25. The van der Waals surface area contributed by atoms with E-state index in [0.717, 1.165) is 16.8 Å². The zero-order valence-electron chi connectivity index (χ0n) is 16.2. The summed E-state index contributed by atoms with van der Waals surface area (Å²) in [4.78, 5) is 12.5. The van der Waals surface area contributed by atoms with E-state index in [9.17, 15) is 9.90 Å². The van der Waals surface area contributed by atoms with Gasteiger partial charge in [0.05, 0.1) is 12.6 Å². The number of aliphatic hydroxyl groups is 1. The number of hydrogen-bond donors (Lipinski definition) is 1. The number of aromatic nitrogens is 1. The van der Waals surface area contributed by atoms with Crippen LogP contribution in [0, 0.1) is 30.6 Å². The highest BCUT2D eigenvalue weighted by Crippen LogP contribution is 2.27. The van der Waals surface area contributed by atoms with Gasteiger partial charge in [0.2, 0.25) is 0 Å². The van der Waals surface area contributed by atoms with Crippen molar-refractivity contribution in [3.63, 3.8) is 0 Å². The van der Waals surface area contributed by atoms with Gasteiger partial charge in [-0.2, -0.15) is 0 Å². The smallest absolute Gasteiger partial charge is 0.254 e. The average Bonchev–Trinajstić information content (AvgIpc) is 3.46. The number of nitrogens with zero attached hydrogens (tertiary/aromatic N) is 1. The van der Waals surface area contributed by atoms with Gasteiger partial charge in [-0.1, -0.05) is 37.8 Å². The number of pyridine rings is 1. The standard InChI is InChI=1S/C23H27NO3/c1-16(2)22(25)15-27-21-12-17(3)24(23(26)13-21)14-20-10-8-19(9-11-20)7-6-18-4-5-18/h8-13,16,18,22,25H,4-5,14-15H2,1-3H3. The average molecular weight is 365 g/mol. The first-order valence-electron chi connectivity index (χ1n) is 9.55. The Hall–Kier alpha value is -2.51. The highest BCUT2D eigenvalue weighted by atomic mass is 16.5. The van der Waals surface area contributed by atoms with Gasteiger partial charge in [-0.3, -0.25) is 4.79 Å². The molecule has 1 unspecified atom stereocenters. The van der Waals surface area contributed by atoms with Crippen LogP contribution in [0.15, 0.2) is 41.2 Å². The number of ether oxygens (including phenoxy) is 1. The van der Waals surface area contributed by atoms with Crippen molar-refractivity contribution in [3.8, 4) is 17.6 Å². The number of rotatable bonds is 6. The summed E-state index contributed by atoms with van der Waals surface area (Å²) >= 11 is 0. The van der Waals surface area contributed by atoms with Crippen LogP contribution in [-0.2, 0) is 6.54 Å². The highest BCUT2D eigenvalue weighted by molar-refractivity contribution is 5.37. The molecule has 4 heteroatoms. The van der Waals surface area contributed by atoms with Gasteiger partial charge >= 0.3 is 0 Å². The molecule has 2 aromatic rings. The maximum absolute atomic E-state index is 12.5. The van der Waals surface area contributed by atoms with Crippen molar-refractivity contribution in [2.45, 2.75) is 46.3 Å². The molecule has 1 heterocycles. The lowest BCUT2D eigenvalue weighted by atomic mass is 10.1. The molecule has 0 radical (unpaired) electrons. The molecule has 0 amide bonds. The summed E-state index contributed by atoms with van der Waals surface area (Å²) in [5.74, 6) is 7.66. The Bertz CT molecular complexity index is 896. The molecule has 1 N–H and O–H groups in total. The molecule has 0 aliphatic heterocycles. The van der Waals surface area contributed by atoms with Crippen molar-refractivity contribution in [3.05, 3.63) is 63.6 Å². The maximum atomic E-state index is 12.5. The Labute approximate surface area is 160 Å². The lowest BCUT2D eigenvalue weighted by molar-refractivity contribution is 0.0700. The van der Waals surface area contributed by atoms with Crippen molar-refractivity contribution in [2.24, 2.45) is 11.8 Å². The van der Waals surface area contributed by atoms with E-state index < -0.39 is 6.10 Å². The fourth-order valence-electron chi connectivity index (χ4n) is 2.65. The van der Waals surface area contributed by atoms with Crippen LogP contribution in [0.3, 0.4) is 0 Å². The molecule has 142 valence electrons. The number of benzene rings is 1. The Morgan fingerprint density at radius 1 is 1.22 bits per heavy atom. The molecule has 0 saturated heterocycles. The third-order valence-electron chi connectivity index (χ3n) is 4.79. The van der Waals surface area contributed by atoms with E-state index in [2.05, 4.69) is 11.8 Å². The number of aliphatic hydroxyl groups excluding tert-OH is 1. The van der Waals surface area contributed by atoms with Crippen molar-refractivity contribution in [1.82, 2.24) is 4.57 Å². The molecule has 1 fully saturated rings. The van der Waals surface area contributed by atoms with Crippen LogP contribution >= 0.6 is 0 Å². The van der Waals surface area contributed by atoms with Gasteiger partial charge in [0.15, 0.2) is 0 Å². The van der Waals surface area contributed by atoms with Gasteiger partial charge in [0.25, 0.3) is 5.56 Å². The van der Waals surface area contributed by atoms with Gasteiger partial charge in [-0.25, -0.2) is 0 Å². The van der Waals surface area contributed by atoms with E-state index >= 15 is 0 Å². The van der Waals surface area contributed by atoms with Crippen molar-refractivity contribution in [2.75, 3.05) is 6.61 Å². The van der Waals surface area contributed by atoms with Crippen LogP contribution in [0.25, 0.3) is 0 Å². The first-order chi connectivity index (χ1) is 12.9. The zero-order valence-corrected chi connectivity index (χ0v) is 16.2. The summed E-state index contributed by atoms with van der Waals surface area (Å²) in [5.41, 5.74) is 2.79. The predicted molar refractivity (Wildman–Crippen MR) is 107 cm³/mol. The Kier molecular flexibility index (Phi) is 6.03. The van der Waals surface area contributed by atoms with Gasteiger partial charge in [0.1, 0.15) is 12.4 Å². The van der Waals surface area contributed by atoms with Gasteiger partial charge in [-0.15, -0.1) is 0 Å². The van der Waals surface area contributed by atoms with E-state index in [1.54, 1.807) is 4.57 Å². The largest absolute Gasteiger partial charge is 0.491 e. The second-order valence-electron chi connectivity index (χ2n) is 7.62. The van der Waals surface area contributed by atoms with Gasteiger partial charge in [-0.05, 0) is 49.4 Å². The molecule has 1 atom stereocenters. The summed E-state index contributed by atoms with van der Waals surface area (Å²) in [5, 5.41) is 9.85. The van der Waals surface area contributed by atoms with Crippen LogP contribution in [0.1, 0.15) is 43.5 Å². The molecule has 1 aromatic carbocycles. The number of hydrogen-bond acceptors (Lipinski definition) is 3. The normalized spacial score (nSPS) is 14.6. The Morgan fingerprint density at radius 2 is 1.93 bits per heavy atom. The van der Waals surface area contributed by atoms with Crippen molar-refractivity contribution < 1.29 is 9.84 Å². The lowest BCUT2D eigenvalue weighted by Gasteiger charge is -2.16. The molecular weight excluding hydrogens is 338 g/mol. The molecule has 27 heavy (non-hydrogen) atoms. The number of aryl methyl sites for hydroxylation is 1. The quantitative estimate of drug-likeness (QED) is 0.799. The van der Waals surface area contributed by atoms with Crippen molar-refractivity contribution >= 4 is 0 Å². The molecule has 4 nitrogen and oxygen atoms in total.